The average molecular weight is 269 g/mol. The van der Waals surface area contributed by atoms with Crippen LogP contribution in [-0.2, 0) is 4.79 Å². The van der Waals surface area contributed by atoms with E-state index in [4.69, 9.17) is 10.8 Å². The molecule has 19 heavy (non-hydrogen) atoms. The second kappa shape index (κ2) is 7.22. The van der Waals surface area contributed by atoms with Gasteiger partial charge in [-0.25, -0.2) is 0 Å². The topological polar surface area (TPSA) is 78.6 Å². The molecule has 2 fully saturated rings. The van der Waals surface area contributed by atoms with Crippen molar-refractivity contribution in [3.63, 3.8) is 0 Å². The maximum atomic E-state index is 11.1. The van der Waals surface area contributed by atoms with Crippen LogP contribution in [0.5, 0.6) is 0 Å². The van der Waals surface area contributed by atoms with E-state index >= 15 is 0 Å². The maximum Gasteiger partial charge on any atom is 0.231 e. The van der Waals surface area contributed by atoms with Crippen LogP contribution in [0.25, 0.3) is 0 Å². The van der Waals surface area contributed by atoms with E-state index in [0.29, 0.717) is 18.5 Å². The van der Waals surface area contributed by atoms with Gasteiger partial charge >= 0.3 is 0 Å². The Morgan fingerprint density at radius 1 is 1.32 bits per heavy atom. The lowest BCUT2D eigenvalue weighted by Gasteiger charge is -2.37. The Morgan fingerprint density at radius 2 is 2.11 bits per heavy atom. The third kappa shape index (κ3) is 5.47. The Labute approximate surface area is 115 Å². The van der Waals surface area contributed by atoms with Crippen molar-refractivity contribution in [3.8, 4) is 0 Å². The van der Waals surface area contributed by atoms with Crippen molar-refractivity contribution in [2.45, 2.75) is 38.1 Å². The van der Waals surface area contributed by atoms with Gasteiger partial charge < -0.3 is 16.2 Å². The van der Waals surface area contributed by atoms with Crippen LogP contribution in [0.1, 0.15) is 32.1 Å². The van der Waals surface area contributed by atoms with Crippen molar-refractivity contribution in [1.82, 2.24) is 10.2 Å². The van der Waals surface area contributed by atoms with E-state index in [0.717, 1.165) is 44.8 Å². The number of primary amides is 1. The number of nitrogens with one attached hydrogen (secondary N) is 1. The van der Waals surface area contributed by atoms with Gasteiger partial charge in [-0.1, -0.05) is 0 Å². The van der Waals surface area contributed by atoms with Crippen LogP contribution in [-0.4, -0.2) is 54.7 Å². The fraction of sp³-hybridized carbons (Fsp3) is 0.929. The van der Waals surface area contributed by atoms with Crippen molar-refractivity contribution >= 4 is 5.91 Å². The highest BCUT2D eigenvalue weighted by Gasteiger charge is 2.29. The van der Waals surface area contributed by atoms with Gasteiger partial charge in [-0.3, -0.25) is 9.69 Å². The first-order valence-electron chi connectivity index (χ1n) is 7.52. The van der Waals surface area contributed by atoms with Gasteiger partial charge in [-0.2, -0.15) is 0 Å². The molecule has 0 aromatic rings. The molecule has 1 heterocycles. The molecule has 4 N–H and O–H groups in total. The second-order valence-corrected chi connectivity index (χ2v) is 6.18. The first kappa shape index (κ1) is 14.8. The quantitative estimate of drug-likeness (QED) is 0.576. The Kier molecular flexibility index (Phi) is 5.60. The molecule has 1 amide bonds. The molecular weight excluding hydrogens is 242 g/mol. The van der Waals surface area contributed by atoms with E-state index in [-0.39, 0.29) is 12.5 Å². The number of carbonyl (C=O) groups is 1. The SMILES string of the molecule is NC(=O)CN1CC(CCCO)CC(NCC2CC2)C1. The van der Waals surface area contributed by atoms with Crippen molar-refractivity contribution in [1.29, 1.82) is 0 Å². The van der Waals surface area contributed by atoms with E-state index in [1.807, 2.05) is 0 Å². The summed E-state index contributed by atoms with van der Waals surface area (Å²) >= 11 is 0. The zero-order valence-corrected chi connectivity index (χ0v) is 11.7. The molecule has 1 saturated heterocycles. The van der Waals surface area contributed by atoms with Crippen LogP contribution in [0.3, 0.4) is 0 Å². The molecule has 0 aromatic heterocycles. The fourth-order valence-corrected chi connectivity index (χ4v) is 3.04. The Balaban J connectivity index is 1.80. The van der Waals surface area contributed by atoms with Gasteiger partial charge in [0.05, 0.1) is 6.54 Å². The number of likely N-dealkylation sites (tertiary alicyclic amines) is 1. The molecule has 0 aromatic carbocycles. The highest BCUT2D eigenvalue weighted by atomic mass is 16.2. The normalized spacial score (nSPS) is 28.5. The van der Waals surface area contributed by atoms with Crippen LogP contribution >= 0.6 is 0 Å². The molecule has 0 bridgehead atoms. The first-order valence-corrected chi connectivity index (χ1v) is 7.52. The number of carbonyl (C=O) groups excluding carboxylic acids is 1. The van der Waals surface area contributed by atoms with Crippen LogP contribution in [0.4, 0.5) is 0 Å². The largest absolute Gasteiger partial charge is 0.396 e. The molecule has 1 aliphatic carbocycles. The molecule has 2 aliphatic rings. The predicted molar refractivity (Wildman–Crippen MR) is 74.6 cm³/mol. The molecule has 2 rings (SSSR count). The minimum atomic E-state index is -0.247. The Hall–Kier alpha value is -0.650. The average Bonchev–Trinajstić information content (AvgIpc) is 3.17. The van der Waals surface area contributed by atoms with E-state index in [2.05, 4.69) is 10.2 Å². The number of hydrogen-bond donors (Lipinski definition) is 3. The Morgan fingerprint density at radius 3 is 2.74 bits per heavy atom. The van der Waals surface area contributed by atoms with Crippen LogP contribution in [0.15, 0.2) is 0 Å². The molecule has 1 saturated carbocycles. The minimum Gasteiger partial charge on any atom is -0.396 e. The molecule has 5 nitrogen and oxygen atoms in total. The van der Waals surface area contributed by atoms with Crippen molar-refractivity contribution in [3.05, 3.63) is 0 Å². The standard InChI is InChI=1S/C14H27N3O2/c15-14(19)10-17-8-12(2-1-5-18)6-13(9-17)16-7-11-3-4-11/h11-13,16,18H,1-10H2,(H2,15,19). The van der Waals surface area contributed by atoms with Gasteiger partial charge in [-0.15, -0.1) is 0 Å². The lowest BCUT2D eigenvalue weighted by Crippen LogP contribution is -2.51. The number of aliphatic hydroxyl groups is 1. The van der Waals surface area contributed by atoms with Gasteiger partial charge in [0, 0.05) is 25.7 Å². The number of aliphatic hydroxyl groups excluding tert-OH is 1. The first-order chi connectivity index (χ1) is 9.17. The summed E-state index contributed by atoms with van der Waals surface area (Å²) in [4.78, 5) is 13.3. The Bertz CT molecular complexity index is 294. The highest BCUT2D eigenvalue weighted by molar-refractivity contribution is 5.75. The number of nitrogens with zero attached hydrogens (tertiary/aromatic N) is 1. The van der Waals surface area contributed by atoms with Crippen molar-refractivity contribution in [2.24, 2.45) is 17.6 Å². The summed E-state index contributed by atoms with van der Waals surface area (Å²) in [6.07, 6.45) is 5.76. The number of hydrogen-bond acceptors (Lipinski definition) is 4. The number of rotatable bonds is 8. The van der Waals surface area contributed by atoms with Crippen LogP contribution in [0.2, 0.25) is 0 Å². The summed E-state index contributed by atoms with van der Waals surface area (Å²) in [7, 11) is 0. The van der Waals surface area contributed by atoms with Crippen molar-refractivity contribution < 1.29 is 9.90 Å². The molecule has 5 heteroatoms. The molecule has 1 aliphatic heterocycles. The monoisotopic (exact) mass is 269 g/mol. The number of nitrogens with two attached hydrogens (primary N) is 1. The summed E-state index contributed by atoms with van der Waals surface area (Å²) in [5, 5.41) is 12.6. The van der Waals surface area contributed by atoms with Gasteiger partial charge in [-0.05, 0) is 50.5 Å². The fourth-order valence-electron chi connectivity index (χ4n) is 3.04. The zero-order chi connectivity index (χ0) is 13.7. The van der Waals surface area contributed by atoms with Gasteiger partial charge in [0.25, 0.3) is 0 Å². The third-order valence-corrected chi connectivity index (χ3v) is 4.15. The van der Waals surface area contributed by atoms with E-state index in [1.54, 1.807) is 0 Å². The minimum absolute atomic E-state index is 0.247. The van der Waals surface area contributed by atoms with E-state index in [1.165, 1.54) is 12.8 Å². The third-order valence-electron chi connectivity index (χ3n) is 4.15. The number of piperidine rings is 1. The molecule has 0 spiro atoms. The van der Waals surface area contributed by atoms with Gasteiger partial charge in [0.2, 0.25) is 5.91 Å². The lowest BCUT2D eigenvalue weighted by molar-refractivity contribution is -0.119. The molecular formula is C14H27N3O2. The number of amides is 1. The summed E-state index contributed by atoms with van der Waals surface area (Å²) < 4.78 is 0. The summed E-state index contributed by atoms with van der Waals surface area (Å²) in [5.41, 5.74) is 5.31. The smallest absolute Gasteiger partial charge is 0.231 e. The molecule has 110 valence electrons. The van der Waals surface area contributed by atoms with E-state index in [9.17, 15) is 4.79 Å². The lowest BCUT2D eigenvalue weighted by atomic mass is 9.90. The van der Waals surface area contributed by atoms with Gasteiger partial charge in [0.1, 0.15) is 0 Å². The maximum absolute atomic E-state index is 11.1. The summed E-state index contributed by atoms with van der Waals surface area (Å²) in [5.74, 6) is 1.20. The van der Waals surface area contributed by atoms with Crippen LogP contribution < -0.4 is 11.1 Å². The summed E-state index contributed by atoms with van der Waals surface area (Å²) in [6.45, 7) is 3.58. The van der Waals surface area contributed by atoms with E-state index < -0.39 is 0 Å². The van der Waals surface area contributed by atoms with Gasteiger partial charge in [0.15, 0.2) is 0 Å². The summed E-state index contributed by atoms with van der Waals surface area (Å²) in [6, 6.07) is 0.470. The van der Waals surface area contributed by atoms with Crippen molar-refractivity contribution in [2.75, 3.05) is 32.8 Å². The molecule has 2 atom stereocenters. The zero-order valence-electron chi connectivity index (χ0n) is 11.7. The highest BCUT2D eigenvalue weighted by Crippen LogP contribution is 2.28. The predicted octanol–water partition coefficient (Wildman–Crippen LogP) is -0.0657. The second-order valence-electron chi connectivity index (χ2n) is 6.18. The van der Waals surface area contributed by atoms with Crippen LogP contribution in [0, 0.1) is 11.8 Å². The molecule has 0 radical (unpaired) electrons. The molecule has 2 unspecified atom stereocenters.